The van der Waals surface area contributed by atoms with Gasteiger partial charge in [0.15, 0.2) is 5.78 Å². The van der Waals surface area contributed by atoms with E-state index in [4.69, 9.17) is 0 Å². The number of Topliss-reactive ketones (excluding diaryl/α,β-unsaturated/α-hetero) is 1. The highest BCUT2D eigenvalue weighted by Gasteiger charge is 2.08. The van der Waals surface area contributed by atoms with Crippen LogP contribution in [0.25, 0.3) is 11.0 Å². The third-order valence-electron chi connectivity index (χ3n) is 2.16. The summed E-state index contributed by atoms with van der Waals surface area (Å²) in [5.74, 6) is 0.0829. The van der Waals surface area contributed by atoms with Gasteiger partial charge in [0.2, 0.25) is 0 Å². The van der Waals surface area contributed by atoms with E-state index < -0.39 is 0 Å². The Morgan fingerprint density at radius 1 is 1.60 bits per heavy atom. The van der Waals surface area contributed by atoms with Gasteiger partial charge in [0.1, 0.15) is 11.0 Å². The molecule has 2 aromatic heterocycles. The van der Waals surface area contributed by atoms with Crippen molar-refractivity contribution in [2.24, 2.45) is 0 Å². The average Bonchev–Trinajstić information content (AvgIpc) is 2.54. The minimum atomic E-state index is 0.0829. The summed E-state index contributed by atoms with van der Waals surface area (Å²) in [7, 11) is 0. The van der Waals surface area contributed by atoms with Gasteiger partial charge in [0.05, 0.1) is 12.7 Å². The molecule has 2 aromatic rings. The van der Waals surface area contributed by atoms with E-state index >= 15 is 0 Å². The van der Waals surface area contributed by atoms with Crippen molar-refractivity contribution in [3.63, 3.8) is 0 Å². The summed E-state index contributed by atoms with van der Waals surface area (Å²) in [6.07, 6.45) is 3.54. The van der Waals surface area contributed by atoms with Crippen molar-refractivity contribution >= 4 is 32.7 Å². The van der Waals surface area contributed by atoms with Crippen molar-refractivity contribution in [3.05, 3.63) is 22.4 Å². The monoisotopic (exact) mass is 267 g/mol. The first-order chi connectivity index (χ1) is 7.08. The molecule has 15 heavy (non-hydrogen) atoms. The zero-order chi connectivity index (χ0) is 11.0. The van der Waals surface area contributed by atoms with Gasteiger partial charge < -0.3 is 0 Å². The fourth-order valence-corrected chi connectivity index (χ4v) is 1.71. The number of aryl methyl sites for hydroxylation is 1. The number of rotatable bonds is 2. The lowest BCUT2D eigenvalue weighted by molar-refractivity contribution is -0.117. The molecule has 2 rings (SSSR count). The molecular weight excluding hydrogens is 258 g/mol. The van der Waals surface area contributed by atoms with Gasteiger partial charge >= 0.3 is 0 Å². The van der Waals surface area contributed by atoms with Crippen molar-refractivity contribution in [2.75, 3.05) is 0 Å². The van der Waals surface area contributed by atoms with Crippen LogP contribution in [0, 0.1) is 6.92 Å². The van der Waals surface area contributed by atoms with Crippen LogP contribution in [0.4, 0.5) is 0 Å². The highest BCUT2D eigenvalue weighted by atomic mass is 79.9. The number of carbonyl (C=O) groups is 1. The molecule has 0 bridgehead atoms. The van der Waals surface area contributed by atoms with Gasteiger partial charge in [0.25, 0.3) is 0 Å². The number of aromatic nitrogens is 3. The summed E-state index contributed by atoms with van der Waals surface area (Å²) in [6.45, 7) is 3.81. The summed E-state index contributed by atoms with van der Waals surface area (Å²) < 4.78 is 2.56. The molecule has 0 atom stereocenters. The summed E-state index contributed by atoms with van der Waals surface area (Å²) in [5, 5.41) is 4.32. The van der Waals surface area contributed by atoms with Crippen molar-refractivity contribution in [1.82, 2.24) is 14.8 Å². The molecule has 0 spiro atoms. The van der Waals surface area contributed by atoms with Crippen molar-refractivity contribution in [3.8, 4) is 0 Å². The molecule has 0 fully saturated rings. The maximum Gasteiger partial charge on any atom is 0.151 e. The van der Waals surface area contributed by atoms with Gasteiger partial charge in [-0.05, 0) is 35.3 Å². The molecule has 0 amide bonds. The topological polar surface area (TPSA) is 47.8 Å². The van der Waals surface area contributed by atoms with Crippen LogP contribution in [0.3, 0.4) is 0 Å². The van der Waals surface area contributed by atoms with Gasteiger partial charge in [-0.25, -0.2) is 0 Å². The van der Waals surface area contributed by atoms with Crippen LogP contribution in [0.1, 0.15) is 12.5 Å². The Bertz CT molecular complexity index is 533. The van der Waals surface area contributed by atoms with Crippen LogP contribution in [-0.4, -0.2) is 20.5 Å². The van der Waals surface area contributed by atoms with Crippen LogP contribution in [0.15, 0.2) is 16.9 Å². The fourth-order valence-electron chi connectivity index (χ4n) is 1.42. The highest BCUT2D eigenvalue weighted by Crippen LogP contribution is 2.21. The van der Waals surface area contributed by atoms with E-state index in [9.17, 15) is 4.79 Å². The number of ketones is 1. The van der Waals surface area contributed by atoms with E-state index in [0.29, 0.717) is 6.54 Å². The van der Waals surface area contributed by atoms with Gasteiger partial charge in [-0.3, -0.25) is 14.5 Å². The summed E-state index contributed by atoms with van der Waals surface area (Å²) in [5.41, 5.74) is 2.70. The Hall–Kier alpha value is -1.23. The maximum absolute atomic E-state index is 11.0. The van der Waals surface area contributed by atoms with E-state index in [2.05, 4.69) is 26.0 Å². The second-order valence-electron chi connectivity index (χ2n) is 3.49. The Labute approximate surface area is 95.4 Å². The Morgan fingerprint density at radius 3 is 3.00 bits per heavy atom. The minimum absolute atomic E-state index is 0.0829. The van der Waals surface area contributed by atoms with Gasteiger partial charge in [-0.2, -0.15) is 5.10 Å². The zero-order valence-corrected chi connectivity index (χ0v) is 10.1. The lowest BCUT2D eigenvalue weighted by atomic mass is 10.2. The molecule has 5 heteroatoms. The highest BCUT2D eigenvalue weighted by molar-refractivity contribution is 9.10. The standard InChI is InChI=1S/C10H10BrN3O/c1-6(15)4-14-5-9-10(13-14)7(2)8(11)3-12-9/h3,5H,4H2,1-2H3. The zero-order valence-electron chi connectivity index (χ0n) is 8.49. The normalized spacial score (nSPS) is 10.9. The van der Waals surface area contributed by atoms with E-state index in [1.54, 1.807) is 24.0 Å². The average molecular weight is 268 g/mol. The predicted molar refractivity (Wildman–Crippen MR) is 60.6 cm³/mol. The van der Waals surface area contributed by atoms with Crippen molar-refractivity contribution in [1.29, 1.82) is 0 Å². The molecule has 0 radical (unpaired) electrons. The van der Waals surface area contributed by atoms with Crippen LogP contribution >= 0.6 is 15.9 Å². The molecule has 0 aliphatic heterocycles. The first-order valence-electron chi connectivity index (χ1n) is 4.55. The predicted octanol–water partition coefficient (Wildman–Crippen LogP) is 2.09. The molecule has 0 unspecified atom stereocenters. The number of hydrogen-bond donors (Lipinski definition) is 0. The number of pyridine rings is 1. The third-order valence-corrected chi connectivity index (χ3v) is 2.96. The number of carbonyl (C=O) groups excluding carboxylic acids is 1. The second kappa shape index (κ2) is 3.73. The minimum Gasteiger partial charge on any atom is -0.298 e. The second-order valence-corrected chi connectivity index (χ2v) is 4.35. The molecule has 78 valence electrons. The van der Waals surface area contributed by atoms with E-state index in [-0.39, 0.29) is 5.78 Å². The molecule has 0 aliphatic carbocycles. The molecule has 2 heterocycles. The van der Waals surface area contributed by atoms with Crippen molar-refractivity contribution in [2.45, 2.75) is 20.4 Å². The third kappa shape index (κ3) is 1.92. The molecule has 0 aromatic carbocycles. The SMILES string of the molecule is CC(=O)Cn1cc2ncc(Br)c(C)c2n1. The van der Waals surface area contributed by atoms with E-state index in [1.165, 1.54) is 0 Å². The lowest BCUT2D eigenvalue weighted by Crippen LogP contribution is -2.06. The van der Waals surface area contributed by atoms with Crippen LogP contribution in [-0.2, 0) is 11.3 Å². The fraction of sp³-hybridized carbons (Fsp3) is 0.300. The molecule has 4 nitrogen and oxygen atoms in total. The number of nitrogens with zero attached hydrogens (tertiary/aromatic N) is 3. The molecule has 0 saturated heterocycles. The van der Waals surface area contributed by atoms with Gasteiger partial charge in [0, 0.05) is 10.7 Å². The Kier molecular flexibility index (Phi) is 2.56. The number of hydrogen-bond acceptors (Lipinski definition) is 3. The number of fused-ring (bicyclic) bond motifs is 1. The largest absolute Gasteiger partial charge is 0.298 e. The number of halogens is 1. The van der Waals surface area contributed by atoms with Crippen molar-refractivity contribution < 1.29 is 4.79 Å². The lowest BCUT2D eigenvalue weighted by Gasteiger charge is -1.96. The Morgan fingerprint density at radius 2 is 2.33 bits per heavy atom. The first kappa shape index (κ1) is 10.3. The summed E-state index contributed by atoms with van der Waals surface area (Å²) in [6, 6.07) is 0. The molecule has 0 aliphatic rings. The smallest absolute Gasteiger partial charge is 0.151 e. The van der Waals surface area contributed by atoms with Gasteiger partial charge in [-0.15, -0.1) is 0 Å². The molecule has 0 N–H and O–H groups in total. The van der Waals surface area contributed by atoms with Gasteiger partial charge in [-0.1, -0.05) is 0 Å². The molecule has 0 saturated carbocycles. The maximum atomic E-state index is 11.0. The van der Waals surface area contributed by atoms with Crippen LogP contribution < -0.4 is 0 Å². The van der Waals surface area contributed by atoms with Crippen LogP contribution in [0.2, 0.25) is 0 Å². The van der Waals surface area contributed by atoms with E-state index in [0.717, 1.165) is 21.1 Å². The quantitative estimate of drug-likeness (QED) is 0.837. The Balaban J connectivity index is 2.56. The van der Waals surface area contributed by atoms with Crippen LogP contribution in [0.5, 0.6) is 0 Å². The molecular formula is C10H10BrN3O. The first-order valence-corrected chi connectivity index (χ1v) is 5.35. The van der Waals surface area contributed by atoms with E-state index in [1.807, 2.05) is 6.92 Å². The summed E-state index contributed by atoms with van der Waals surface area (Å²) in [4.78, 5) is 15.2. The summed E-state index contributed by atoms with van der Waals surface area (Å²) >= 11 is 3.40.